The molecule has 1 aromatic carbocycles. The van der Waals surface area contributed by atoms with Gasteiger partial charge in [0.2, 0.25) is 0 Å². The van der Waals surface area contributed by atoms with E-state index >= 15 is 0 Å². The minimum Gasteiger partial charge on any atom is -0.484 e. The highest BCUT2D eigenvalue weighted by atomic mass is 16.5. The van der Waals surface area contributed by atoms with Crippen LogP contribution in [0, 0.1) is 11.3 Å². The molecule has 0 saturated carbocycles. The van der Waals surface area contributed by atoms with Crippen molar-refractivity contribution in [3.05, 3.63) is 35.4 Å². The molecule has 0 bridgehead atoms. The summed E-state index contributed by atoms with van der Waals surface area (Å²) in [6, 6.07) is 8.53. The van der Waals surface area contributed by atoms with E-state index in [1.807, 2.05) is 6.07 Å². The molecule has 1 aliphatic rings. The molecule has 0 aromatic heterocycles. The highest BCUT2D eigenvalue weighted by molar-refractivity contribution is 6.01. The number of nitriles is 1. The summed E-state index contributed by atoms with van der Waals surface area (Å²) in [5.74, 6) is -0.511. The second-order valence-electron chi connectivity index (χ2n) is 5.34. The van der Waals surface area contributed by atoms with E-state index in [0.717, 1.165) is 12.8 Å². The number of amides is 2. The first-order valence-corrected chi connectivity index (χ1v) is 7.61. The molecule has 2 amide bonds. The summed E-state index contributed by atoms with van der Waals surface area (Å²) < 4.78 is 10.6. The van der Waals surface area contributed by atoms with Crippen LogP contribution in [0.25, 0.3) is 6.08 Å². The third kappa shape index (κ3) is 5.41. The first-order chi connectivity index (χ1) is 11.6. The molecule has 1 aliphatic heterocycles. The Hall–Kier alpha value is -2.85. The van der Waals surface area contributed by atoms with Crippen molar-refractivity contribution < 1.29 is 19.1 Å². The third-order valence-electron chi connectivity index (χ3n) is 3.45. The summed E-state index contributed by atoms with van der Waals surface area (Å²) >= 11 is 0. The lowest BCUT2D eigenvalue weighted by molar-refractivity contribution is -0.120. The molecule has 1 saturated heterocycles. The molecule has 3 N–H and O–H groups in total. The fraction of sp³-hybridized carbons (Fsp3) is 0.353. The van der Waals surface area contributed by atoms with Crippen molar-refractivity contribution in [1.29, 1.82) is 5.26 Å². The van der Waals surface area contributed by atoms with Gasteiger partial charge in [0.25, 0.3) is 11.8 Å². The lowest BCUT2D eigenvalue weighted by Crippen LogP contribution is -2.32. The predicted octanol–water partition coefficient (Wildman–Crippen LogP) is 0.753. The number of nitrogens with one attached hydrogen (secondary N) is 1. The normalized spacial score (nSPS) is 17.1. The van der Waals surface area contributed by atoms with Gasteiger partial charge in [-0.25, -0.2) is 0 Å². The highest BCUT2D eigenvalue weighted by Crippen LogP contribution is 2.15. The number of nitrogens with two attached hydrogens (primary N) is 1. The standard InChI is InChI=1S/C17H19N3O4/c18-9-13(17(22)20-10-15-2-1-7-23-15)8-12-3-5-14(6-4-12)24-11-16(19)21/h3-6,8,15H,1-2,7,10-11H2,(H2,19,21)(H,20,22). The van der Waals surface area contributed by atoms with Crippen LogP contribution in [0.15, 0.2) is 29.8 Å². The molecule has 126 valence electrons. The molecule has 1 atom stereocenters. The van der Waals surface area contributed by atoms with E-state index in [0.29, 0.717) is 24.5 Å². The highest BCUT2D eigenvalue weighted by Gasteiger charge is 2.17. The van der Waals surface area contributed by atoms with E-state index < -0.39 is 11.8 Å². The monoisotopic (exact) mass is 329 g/mol. The smallest absolute Gasteiger partial charge is 0.262 e. The molecule has 0 radical (unpaired) electrons. The lowest BCUT2D eigenvalue weighted by Gasteiger charge is -2.10. The van der Waals surface area contributed by atoms with Gasteiger partial charge in [-0.2, -0.15) is 5.26 Å². The average Bonchev–Trinajstić information content (AvgIpc) is 3.10. The maximum Gasteiger partial charge on any atom is 0.262 e. The van der Waals surface area contributed by atoms with Crippen LogP contribution in [0.1, 0.15) is 18.4 Å². The van der Waals surface area contributed by atoms with Crippen molar-refractivity contribution >= 4 is 17.9 Å². The van der Waals surface area contributed by atoms with Gasteiger partial charge in [-0.15, -0.1) is 0 Å². The van der Waals surface area contributed by atoms with E-state index in [2.05, 4.69) is 5.32 Å². The number of hydrogen-bond donors (Lipinski definition) is 2. The van der Waals surface area contributed by atoms with Crippen LogP contribution in [0.3, 0.4) is 0 Å². The van der Waals surface area contributed by atoms with Crippen molar-refractivity contribution in [2.75, 3.05) is 19.8 Å². The Kier molecular flexibility index (Phi) is 6.34. The Morgan fingerprint density at radius 3 is 2.75 bits per heavy atom. The first-order valence-electron chi connectivity index (χ1n) is 7.61. The van der Waals surface area contributed by atoms with E-state index in [4.69, 9.17) is 20.5 Å². The predicted molar refractivity (Wildman–Crippen MR) is 86.7 cm³/mol. The van der Waals surface area contributed by atoms with Crippen LogP contribution in [-0.2, 0) is 14.3 Å². The average molecular weight is 329 g/mol. The summed E-state index contributed by atoms with van der Waals surface area (Å²) in [4.78, 5) is 22.7. The number of rotatable bonds is 7. The second-order valence-corrected chi connectivity index (χ2v) is 5.34. The van der Waals surface area contributed by atoms with Crippen LogP contribution >= 0.6 is 0 Å². The largest absolute Gasteiger partial charge is 0.484 e. The van der Waals surface area contributed by atoms with Gasteiger partial charge in [-0.1, -0.05) is 12.1 Å². The van der Waals surface area contributed by atoms with E-state index in [1.165, 1.54) is 6.08 Å². The zero-order valence-corrected chi connectivity index (χ0v) is 13.2. The van der Waals surface area contributed by atoms with Gasteiger partial charge in [0.1, 0.15) is 17.4 Å². The minimum absolute atomic E-state index is 0.0128. The van der Waals surface area contributed by atoms with Gasteiger partial charge < -0.3 is 20.5 Å². The van der Waals surface area contributed by atoms with E-state index in [9.17, 15) is 9.59 Å². The Bertz CT molecular complexity index is 655. The number of ether oxygens (including phenoxy) is 2. The zero-order chi connectivity index (χ0) is 17.4. The Morgan fingerprint density at radius 2 is 2.17 bits per heavy atom. The summed E-state index contributed by atoms with van der Waals surface area (Å²) in [5, 5.41) is 11.9. The molecule has 1 heterocycles. The molecule has 2 rings (SSSR count). The van der Waals surface area contributed by atoms with Crippen LogP contribution in [0.4, 0.5) is 0 Å². The van der Waals surface area contributed by atoms with Gasteiger partial charge in [0.05, 0.1) is 6.10 Å². The van der Waals surface area contributed by atoms with Crippen molar-refractivity contribution in [1.82, 2.24) is 5.32 Å². The van der Waals surface area contributed by atoms with Crippen molar-refractivity contribution in [2.24, 2.45) is 5.73 Å². The SMILES string of the molecule is N#CC(=Cc1ccc(OCC(N)=O)cc1)C(=O)NCC1CCCO1. The van der Waals surface area contributed by atoms with Crippen LogP contribution < -0.4 is 15.8 Å². The summed E-state index contributed by atoms with van der Waals surface area (Å²) in [6.07, 6.45) is 3.42. The number of carbonyl (C=O) groups excluding carboxylic acids is 2. The molecule has 1 aromatic rings. The topological polar surface area (TPSA) is 114 Å². The molecular weight excluding hydrogens is 310 g/mol. The fourth-order valence-corrected chi connectivity index (χ4v) is 2.24. The number of hydrogen-bond acceptors (Lipinski definition) is 5. The quantitative estimate of drug-likeness (QED) is 0.566. The minimum atomic E-state index is -0.561. The molecule has 7 heteroatoms. The Morgan fingerprint density at radius 1 is 1.42 bits per heavy atom. The van der Waals surface area contributed by atoms with Crippen molar-refractivity contribution in [3.63, 3.8) is 0 Å². The van der Waals surface area contributed by atoms with Gasteiger partial charge in [0.15, 0.2) is 6.61 Å². The van der Waals surface area contributed by atoms with Gasteiger partial charge in [0, 0.05) is 13.2 Å². The molecule has 1 fully saturated rings. The molecule has 0 spiro atoms. The summed E-state index contributed by atoms with van der Waals surface area (Å²) in [6.45, 7) is 0.910. The van der Waals surface area contributed by atoms with Crippen LogP contribution in [0.5, 0.6) is 5.75 Å². The lowest BCUT2D eigenvalue weighted by atomic mass is 10.1. The molecule has 24 heavy (non-hydrogen) atoms. The second kappa shape index (κ2) is 8.70. The van der Waals surface area contributed by atoms with Gasteiger partial charge in [-0.05, 0) is 36.6 Å². The number of benzene rings is 1. The molecular formula is C17H19N3O4. The Balaban J connectivity index is 1.94. The number of carbonyl (C=O) groups is 2. The van der Waals surface area contributed by atoms with Gasteiger partial charge >= 0.3 is 0 Å². The zero-order valence-electron chi connectivity index (χ0n) is 13.2. The summed E-state index contributed by atoms with van der Waals surface area (Å²) in [5.41, 5.74) is 5.68. The van der Waals surface area contributed by atoms with E-state index in [-0.39, 0.29) is 18.3 Å². The van der Waals surface area contributed by atoms with Crippen LogP contribution in [-0.4, -0.2) is 37.7 Å². The Labute approximate surface area is 140 Å². The first kappa shape index (κ1) is 17.5. The molecule has 0 aliphatic carbocycles. The molecule has 1 unspecified atom stereocenters. The number of nitrogens with zero attached hydrogens (tertiary/aromatic N) is 1. The van der Waals surface area contributed by atoms with Gasteiger partial charge in [-0.3, -0.25) is 9.59 Å². The van der Waals surface area contributed by atoms with Crippen molar-refractivity contribution in [2.45, 2.75) is 18.9 Å². The fourth-order valence-electron chi connectivity index (χ4n) is 2.24. The summed E-state index contributed by atoms with van der Waals surface area (Å²) in [7, 11) is 0. The van der Waals surface area contributed by atoms with Crippen molar-refractivity contribution in [3.8, 4) is 11.8 Å². The maximum atomic E-state index is 12.0. The number of primary amides is 1. The van der Waals surface area contributed by atoms with E-state index in [1.54, 1.807) is 24.3 Å². The maximum absolute atomic E-state index is 12.0. The van der Waals surface area contributed by atoms with Crippen LogP contribution in [0.2, 0.25) is 0 Å². The molecule has 7 nitrogen and oxygen atoms in total. The third-order valence-corrected chi connectivity index (χ3v) is 3.45.